The molecule has 1 aromatic rings. The van der Waals surface area contributed by atoms with E-state index in [1.54, 1.807) is 32.0 Å². The van der Waals surface area contributed by atoms with Crippen LogP contribution in [0.3, 0.4) is 0 Å². The third-order valence-corrected chi connectivity index (χ3v) is 5.24. The lowest BCUT2D eigenvalue weighted by atomic mass is 9.86. The van der Waals surface area contributed by atoms with E-state index in [9.17, 15) is 17.9 Å². The number of aliphatic hydroxyl groups is 1. The fraction of sp³-hybridized carbons (Fsp3) is 0.571. The summed E-state index contributed by atoms with van der Waals surface area (Å²) < 4.78 is 36.6. The van der Waals surface area contributed by atoms with Crippen molar-refractivity contribution in [3.63, 3.8) is 0 Å². The van der Waals surface area contributed by atoms with Crippen molar-refractivity contribution in [1.29, 1.82) is 0 Å². The molecule has 1 aromatic carbocycles. The first kappa shape index (κ1) is 16.1. The molecule has 0 aromatic heterocycles. The van der Waals surface area contributed by atoms with E-state index in [1.165, 1.54) is 6.07 Å². The summed E-state index contributed by atoms with van der Waals surface area (Å²) in [6.45, 7) is 3.36. The van der Waals surface area contributed by atoms with Gasteiger partial charge in [0.15, 0.2) is 0 Å². The molecule has 3 nitrogen and oxygen atoms in total. The van der Waals surface area contributed by atoms with Crippen LogP contribution in [0.15, 0.2) is 24.3 Å². The Bertz CT molecular complexity index is 513. The second kappa shape index (κ2) is 6.48. The molecule has 0 spiro atoms. The number of halogens is 1. The van der Waals surface area contributed by atoms with E-state index in [1.807, 2.05) is 0 Å². The molecule has 0 aliphatic heterocycles. The second-order valence-electron chi connectivity index (χ2n) is 4.70. The monoisotopic (exact) mass is 288 g/mol. The van der Waals surface area contributed by atoms with Crippen molar-refractivity contribution >= 4 is 9.84 Å². The van der Waals surface area contributed by atoms with Gasteiger partial charge in [-0.15, -0.1) is 0 Å². The molecule has 0 radical (unpaired) electrons. The first-order chi connectivity index (χ1) is 8.84. The minimum Gasteiger partial charge on any atom is -0.385 e. The van der Waals surface area contributed by atoms with Gasteiger partial charge in [-0.25, -0.2) is 12.8 Å². The Labute approximate surface area is 114 Å². The van der Waals surface area contributed by atoms with Crippen molar-refractivity contribution < 1.29 is 17.9 Å². The average molecular weight is 288 g/mol. The molecule has 0 saturated heterocycles. The van der Waals surface area contributed by atoms with Crippen molar-refractivity contribution in [2.75, 3.05) is 11.5 Å². The van der Waals surface area contributed by atoms with Crippen LogP contribution >= 0.6 is 0 Å². The second-order valence-corrected chi connectivity index (χ2v) is 7.18. The molecule has 0 saturated carbocycles. The van der Waals surface area contributed by atoms with Crippen LogP contribution in [0.4, 0.5) is 4.39 Å². The van der Waals surface area contributed by atoms with Crippen LogP contribution in [0.5, 0.6) is 0 Å². The lowest BCUT2D eigenvalue weighted by Gasteiger charge is -2.27. The maximum absolute atomic E-state index is 13.7. The highest BCUT2D eigenvalue weighted by Crippen LogP contribution is 2.31. The standard InChI is InChI=1S/C14H21FO3S/c1-3-14(16,10-7-11-19(17,18)4-2)12-8-5-6-9-13(12)15/h5-6,8-9,16H,3-4,7,10-11H2,1-2H3. The highest BCUT2D eigenvalue weighted by molar-refractivity contribution is 7.91. The molecule has 0 aliphatic carbocycles. The van der Waals surface area contributed by atoms with Crippen molar-refractivity contribution in [3.8, 4) is 0 Å². The maximum atomic E-state index is 13.7. The van der Waals surface area contributed by atoms with Gasteiger partial charge in [-0.1, -0.05) is 32.0 Å². The molecule has 0 amide bonds. The Balaban J connectivity index is 2.80. The average Bonchev–Trinajstić information content (AvgIpc) is 2.39. The van der Waals surface area contributed by atoms with Crippen LogP contribution in [0.1, 0.15) is 38.7 Å². The molecule has 1 atom stereocenters. The molecule has 1 N–H and O–H groups in total. The molecular formula is C14H21FO3S. The zero-order valence-corrected chi connectivity index (χ0v) is 12.2. The molecule has 0 heterocycles. The summed E-state index contributed by atoms with van der Waals surface area (Å²) in [6, 6.07) is 6.09. The summed E-state index contributed by atoms with van der Waals surface area (Å²) in [5.74, 6) is -0.331. The van der Waals surface area contributed by atoms with Gasteiger partial charge in [0.05, 0.1) is 11.4 Å². The summed E-state index contributed by atoms with van der Waals surface area (Å²) in [4.78, 5) is 0. The Morgan fingerprint density at radius 2 is 1.89 bits per heavy atom. The molecule has 108 valence electrons. The van der Waals surface area contributed by atoms with Gasteiger partial charge in [-0.3, -0.25) is 0 Å². The zero-order chi connectivity index (χ0) is 14.5. The predicted octanol–water partition coefficient (Wildman–Crippen LogP) is 2.64. The predicted molar refractivity (Wildman–Crippen MR) is 74.1 cm³/mol. The molecule has 0 fully saturated rings. The van der Waals surface area contributed by atoms with E-state index in [2.05, 4.69) is 0 Å². The number of hydrogen-bond acceptors (Lipinski definition) is 3. The Kier molecular flexibility index (Phi) is 5.50. The normalized spacial score (nSPS) is 15.2. The largest absolute Gasteiger partial charge is 0.385 e. The van der Waals surface area contributed by atoms with Crippen LogP contribution in [-0.2, 0) is 15.4 Å². The molecular weight excluding hydrogens is 267 g/mol. The third kappa shape index (κ3) is 4.28. The quantitative estimate of drug-likeness (QED) is 0.839. The molecule has 19 heavy (non-hydrogen) atoms. The minimum absolute atomic E-state index is 0.0280. The maximum Gasteiger partial charge on any atom is 0.150 e. The lowest BCUT2D eigenvalue weighted by Crippen LogP contribution is -2.27. The van der Waals surface area contributed by atoms with Crippen molar-refractivity contribution in [3.05, 3.63) is 35.6 Å². The summed E-state index contributed by atoms with van der Waals surface area (Å²) in [6.07, 6.45) is 0.915. The smallest absolute Gasteiger partial charge is 0.150 e. The SMILES string of the molecule is CCC(O)(CCCS(=O)(=O)CC)c1ccccc1F. The van der Waals surface area contributed by atoms with E-state index in [-0.39, 0.29) is 23.5 Å². The summed E-state index contributed by atoms with van der Waals surface area (Å²) in [7, 11) is -3.05. The van der Waals surface area contributed by atoms with Gasteiger partial charge in [-0.05, 0) is 25.3 Å². The summed E-state index contributed by atoms with van der Waals surface area (Å²) in [5.41, 5.74) is -1.05. The van der Waals surface area contributed by atoms with Crippen LogP contribution < -0.4 is 0 Å². The van der Waals surface area contributed by atoms with E-state index in [4.69, 9.17) is 0 Å². The number of benzene rings is 1. The molecule has 1 rings (SSSR count). The Morgan fingerprint density at radius 1 is 1.26 bits per heavy atom. The van der Waals surface area contributed by atoms with E-state index < -0.39 is 21.3 Å². The highest BCUT2D eigenvalue weighted by Gasteiger charge is 2.29. The first-order valence-corrected chi connectivity index (χ1v) is 8.34. The summed E-state index contributed by atoms with van der Waals surface area (Å²) >= 11 is 0. The van der Waals surface area contributed by atoms with Crippen LogP contribution in [0.25, 0.3) is 0 Å². The molecule has 0 bridgehead atoms. The van der Waals surface area contributed by atoms with Crippen molar-refractivity contribution in [1.82, 2.24) is 0 Å². The van der Waals surface area contributed by atoms with Gasteiger partial charge in [-0.2, -0.15) is 0 Å². The fourth-order valence-electron chi connectivity index (χ4n) is 2.07. The van der Waals surface area contributed by atoms with E-state index in [0.717, 1.165) is 0 Å². The van der Waals surface area contributed by atoms with Crippen LogP contribution in [-0.4, -0.2) is 25.0 Å². The Morgan fingerprint density at radius 3 is 2.42 bits per heavy atom. The van der Waals surface area contributed by atoms with E-state index in [0.29, 0.717) is 12.8 Å². The van der Waals surface area contributed by atoms with Crippen molar-refractivity contribution in [2.45, 2.75) is 38.7 Å². The highest BCUT2D eigenvalue weighted by atomic mass is 32.2. The minimum atomic E-state index is -3.05. The van der Waals surface area contributed by atoms with Gasteiger partial charge >= 0.3 is 0 Å². The van der Waals surface area contributed by atoms with Gasteiger partial charge in [0.1, 0.15) is 15.7 Å². The fourth-order valence-corrected chi connectivity index (χ4v) is 2.94. The molecule has 5 heteroatoms. The lowest BCUT2D eigenvalue weighted by molar-refractivity contribution is 0.0194. The van der Waals surface area contributed by atoms with Gasteiger partial charge in [0.2, 0.25) is 0 Å². The number of sulfone groups is 1. The molecule has 0 aliphatic rings. The third-order valence-electron chi connectivity index (χ3n) is 3.45. The van der Waals surface area contributed by atoms with Gasteiger partial charge in [0.25, 0.3) is 0 Å². The first-order valence-electron chi connectivity index (χ1n) is 6.52. The topological polar surface area (TPSA) is 54.4 Å². The van der Waals surface area contributed by atoms with E-state index >= 15 is 0 Å². The van der Waals surface area contributed by atoms with Crippen molar-refractivity contribution in [2.24, 2.45) is 0 Å². The van der Waals surface area contributed by atoms with Crippen LogP contribution in [0.2, 0.25) is 0 Å². The zero-order valence-electron chi connectivity index (χ0n) is 11.4. The van der Waals surface area contributed by atoms with Gasteiger partial charge in [0, 0.05) is 11.3 Å². The molecule has 1 unspecified atom stereocenters. The number of hydrogen-bond donors (Lipinski definition) is 1. The van der Waals surface area contributed by atoms with Crippen LogP contribution in [0, 0.1) is 5.82 Å². The van der Waals surface area contributed by atoms with Gasteiger partial charge < -0.3 is 5.11 Å². The number of rotatable bonds is 7. The Hall–Kier alpha value is -0.940. The summed E-state index contributed by atoms with van der Waals surface area (Å²) in [5, 5.41) is 10.5.